The number of hydrogen-bond acceptors (Lipinski definition) is 4. The molecular formula is C16H18N2O3. The van der Waals surface area contributed by atoms with Gasteiger partial charge in [-0.1, -0.05) is 32.3 Å². The van der Waals surface area contributed by atoms with Gasteiger partial charge in [0, 0.05) is 11.0 Å². The van der Waals surface area contributed by atoms with Crippen molar-refractivity contribution in [3.05, 3.63) is 35.7 Å². The van der Waals surface area contributed by atoms with E-state index < -0.39 is 5.97 Å². The summed E-state index contributed by atoms with van der Waals surface area (Å²) in [6.07, 6.45) is 5.75. The minimum atomic E-state index is -0.962. The molecule has 0 aliphatic heterocycles. The second kappa shape index (κ2) is 5.31. The number of carbonyl (C=O) groups is 1. The molecule has 21 heavy (non-hydrogen) atoms. The largest absolute Gasteiger partial charge is 0.478 e. The molecule has 2 aromatic rings. The molecule has 0 saturated heterocycles. The van der Waals surface area contributed by atoms with Gasteiger partial charge in [-0.05, 0) is 31.0 Å². The Kier molecular flexibility index (Phi) is 3.49. The lowest BCUT2D eigenvalue weighted by Gasteiger charge is -2.29. The molecule has 1 aromatic carbocycles. The number of nitrogens with zero attached hydrogens (tertiary/aromatic N) is 2. The summed E-state index contributed by atoms with van der Waals surface area (Å²) in [6, 6.07) is 6.58. The zero-order chi connectivity index (χ0) is 14.9. The highest BCUT2D eigenvalue weighted by atomic mass is 16.4. The smallest absolute Gasteiger partial charge is 0.335 e. The predicted molar refractivity (Wildman–Crippen MR) is 77.1 cm³/mol. The summed E-state index contributed by atoms with van der Waals surface area (Å²) in [7, 11) is 0. The van der Waals surface area contributed by atoms with Crippen molar-refractivity contribution in [2.75, 3.05) is 0 Å². The van der Waals surface area contributed by atoms with E-state index in [0.29, 0.717) is 17.3 Å². The molecule has 1 N–H and O–H groups in total. The maximum Gasteiger partial charge on any atom is 0.335 e. The van der Waals surface area contributed by atoms with E-state index >= 15 is 0 Å². The Bertz CT molecular complexity index is 657. The molecule has 1 heterocycles. The first-order valence-electron chi connectivity index (χ1n) is 7.26. The average Bonchev–Trinajstić information content (AvgIpc) is 2.99. The summed E-state index contributed by atoms with van der Waals surface area (Å²) in [6.45, 7) is 2.16. The highest BCUT2D eigenvalue weighted by Gasteiger charge is 2.34. The topological polar surface area (TPSA) is 76.2 Å². The minimum Gasteiger partial charge on any atom is -0.478 e. The van der Waals surface area contributed by atoms with Crippen LogP contribution < -0.4 is 0 Å². The molecule has 1 aromatic heterocycles. The monoisotopic (exact) mass is 286 g/mol. The maximum absolute atomic E-state index is 11.0. The molecule has 5 heteroatoms. The van der Waals surface area contributed by atoms with Gasteiger partial charge in [-0.2, -0.15) is 0 Å². The fourth-order valence-corrected chi connectivity index (χ4v) is 2.92. The van der Waals surface area contributed by atoms with Gasteiger partial charge in [0.05, 0.1) is 5.56 Å². The normalized spacial score (nSPS) is 17.6. The molecule has 0 radical (unpaired) electrons. The first-order valence-corrected chi connectivity index (χ1v) is 7.26. The molecule has 1 aliphatic carbocycles. The summed E-state index contributed by atoms with van der Waals surface area (Å²) in [5.74, 6) is 0.0913. The molecule has 1 aliphatic rings. The summed E-state index contributed by atoms with van der Waals surface area (Å²) in [5.41, 5.74) is 0.817. The first-order chi connectivity index (χ1) is 10.1. The fraction of sp³-hybridized carbons (Fsp3) is 0.438. The number of aromatic carboxylic acids is 1. The predicted octanol–water partition coefficient (Wildman–Crippen LogP) is 3.66. The van der Waals surface area contributed by atoms with Gasteiger partial charge in [-0.25, -0.2) is 4.79 Å². The van der Waals surface area contributed by atoms with Crippen molar-refractivity contribution in [2.45, 2.75) is 44.4 Å². The second-order valence-electron chi connectivity index (χ2n) is 5.92. The number of benzene rings is 1. The van der Waals surface area contributed by atoms with Gasteiger partial charge in [0.25, 0.3) is 0 Å². The zero-order valence-corrected chi connectivity index (χ0v) is 12.0. The zero-order valence-electron chi connectivity index (χ0n) is 12.0. The van der Waals surface area contributed by atoms with Crippen LogP contribution in [-0.2, 0) is 5.41 Å². The van der Waals surface area contributed by atoms with Crippen molar-refractivity contribution >= 4 is 5.97 Å². The van der Waals surface area contributed by atoms with E-state index in [2.05, 4.69) is 17.1 Å². The van der Waals surface area contributed by atoms with Gasteiger partial charge in [0.15, 0.2) is 0 Å². The van der Waals surface area contributed by atoms with E-state index in [1.54, 1.807) is 24.3 Å². The lowest BCUT2D eigenvalue weighted by molar-refractivity contribution is 0.0697. The van der Waals surface area contributed by atoms with Crippen LogP contribution in [0, 0.1) is 0 Å². The van der Waals surface area contributed by atoms with Crippen LogP contribution in [0.4, 0.5) is 0 Å². The van der Waals surface area contributed by atoms with E-state index in [1.165, 1.54) is 19.3 Å². The van der Waals surface area contributed by atoms with Crippen LogP contribution >= 0.6 is 0 Å². The van der Waals surface area contributed by atoms with Crippen molar-refractivity contribution in [3.63, 3.8) is 0 Å². The van der Waals surface area contributed by atoms with E-state index in [0.717, 1.165) is 12.8 Å². The van der Waals surface area contributed by atoms with Crippen LogP contribution in [-0.4, -0.2) is 21.3 Å². The van der Waals surface area contributed by atoms with Crippen molar-refractivity contribution in [1.82, 2.24) is 10.2 Å². The Labute approximate surface area is 123 Å². The Morgan fingerprint density at radius 1 is 1.24 bits per heavy atom. The number of carboxylic acids is 1. The van der Waals surface area contributed by atoms with Crippen molar-refractivity contribution in [2.24, 2.45) is 0 Å². The minimum absolute atomic E-state index is 0.0477. The number of hydrogen-bond donors (Lipinski definition) is 1. The van der Waals surface area contributed by atoms with Crippen molar-refractivity contribution in [3.8, 4) is 11.5 Å². The molecule has 1 fully saturated rings. The third-order valence-electron chi connectivity index (χ3n) is 4.25. The summed E-state index contributed by atoms with van der Waals surface area (Å²) in [4.78, 5) is 11.0. The molecule has 0 bridgehead atoms. The highest BCUT2D eigenvalue weighted by Crippen LogP contribution is 2.39. The van der Waals surface area contributed by atoms with Crippen LogP contribution in [0.1, 0.15) is 55.3 Å². The lowest BCUT2D eigenvalue weighted by Crippen LogP contribution is -2.25. The van der Waals surface area contributed by atoms with Crippen LogP contribution in [0.25, 0.3) is 11.5 Å². The summed E-state index contributed by atoms with van der Waals surface area (Å²) < 4.78 is 5.83. The van der Waals surface area contributed by atoms with Gasteiger partial charge in [-0.3, -0.25) is 0 Å². The SMILES string of the molecule is CC1(c2nnc(-c3cccc(C(=O)O)c3)o2)CCCCC1. The quantitative estimate of drug-likeness (QED) is 0.931. The third-order valence-corrected chi connectivity index (χ3v) is 4.25. The Morgan fingerprint density at radius 2 is 2.00 bits per heavy atom. The standard InChI is InChI=1S/C16H18N2O3/c1-16(8-3-2-4-9-16)15-18-17-13(21-15)11-6-5-7-12(10-11)14(19)20/h5-7,10H,2-4,8-9H2,1H3,(H,19,20). The molecule has 0 spiro atoms. The van der Waals surface area contributed by atoms with E-state index in [1.807, 2.05) is 0 Å². The van der Waals surface area contributed by atoms with Gasteiger partial charge in [-0.15, -0.1) is 10.2 Å². The summed E-state index contributed by atoms with van der Waals surface area (Å²) >= 11 is 0. The van der Waals surface area contributed by atoms with Gasteiger partial charge >= 0.3 is 5.97 Å². The second-order valence-corrected chi connectivity index (χ2v) is 5.92. The van der Waals surface area contributed by atoms with Crippen molar-refractivity contribution < 1.29 is 14.3 Å². The third kappa shape index (κ3) is 2.68. The van der Waals surface area contributed by atoms with Gasteiger partial charge in [0.1, 0.15) is 0 Å². The molecule has 5 nitrogen and oxygen atoms in total. The van der Waals surface area contributed by atoms with E-state index in [-0.39, 0.29) is 11.0 Å². The van der Waals surface area contributed by atoms with Crippen LogP contribution in [0.2, 0.25) is 0 Å². The van der Waals surface area contributed by atoms with Gasteiger partial charge in [0.2, 0.25) is 11.8 Å². The Hall–Kier alpha value is -2.17. The van der Waals surface area contributed by atoms with E-state index in [4.69, 9.17) is 9.52 Å². The molecule has 110 valence electrons. The number of rotatable bonds is 3. The number of carboxylic acid groups (broad SMARTS) is 1. The van der Waals surface area contributed by atoms with E-state index in [9.17, 15) is 4.79 Å². The highest BCUT2D eigenvalue weighted by molar-refractivity contribution is 5.88. The average molecular weight is 286 g/mol. The maximum atomic E-state index is 11.0. The lowest BCUT2D eigenvalue weighted by atomic mass is 9.76. The van der Waals surface area contributed by atoms with Crippen LogP contribution in [0.3, 0.4) is 0 Å². The summed E-state index contributed by atoms with van der Waals surface area (Å²) in [5, 5.41) is 17.3. The van der Waals surface area contributed by atoms with Crippen LogP contribution in [0.5, 0.6) is 0 Å². The van der Waals surface area contributed by atoms with Crippen LogP contribution in [0.15, 0.2) is 28.7 Å². The molecule has 0 amide bonds. The number of aromatic nitrogens is 2. The molecular weight excluding hydrogens is 268 g/mol. The van der Waals surface area contributed by atoms with Crippen molar-refractivity contribution in [1.29, 1.82) is 0 Å². The fourth-order valence-electron chi connectivity index (χ4n) is 2.92. The first kappa shape index (κ1) is 13.8. The van der Waals surface area contributed by atoms with Gasteiger partial charge < -0.3 is 9.52 Å². The Morgan fingerprint density at radius 3 is 2.71 bits per heavy atom. The molecule has 0 atom stereocenters. The molecule has 0 unspecified atom stereocenters. The molecule has 1 saturated carbocycles. The molecule has 3 rings (SSSR count). The Balaban J connectivity index is 1.91.